The van der Waals surface area contributed by atoms with Crippen molar-refractivity contribution in [3.8, 4) is 0 Å². The number of nitrogens with zero attached hydrogens (tertiary/aromatic N) is 1. The summed E-state index contributed by atoms with van der Waals surface area (Å²) in [6.45, 7) is 1.03. The Labute approximate surface area is 137 Å². The zero-order valence-corrected chi connectivity index (χ0v) is 14.0. The van der Waals surface area contributed by atoms with Gasteiger partial charge < -0.3 is 10.2 Å². The first kappa shape index (κ1) is 16.7. The van der Waals surface area contributed by atoms with E-state index in [1.807, 2.05) is 23.7 Å². The lowest BCUT2D eigenvalue weighted by Gasteiger charge is -2.29. The fourth-order valence-corrected chi connectivity index (χ4v) is 4.17. The van der Waals surface area contributed by atoms with Crippen LogP contribution in [0.5, 0.6) is 0 Å². The molecule has 0 radical (unpaired) electrons. The maximum Gasteiger partial charge on any atom is 0.224 e. The highest BCUT2D eigenvalue weighted by Crippen LogP contribution is 2.35. The van der Waals surface area contributed by atoms with Crippen molar-refractivity contribution < 1.29 is 4.79 Å². The van der Waals surface area contributed by atoms with Crippen LogP contribution in [-0.2, 0) is 11.2 Å². The first-order valence-electron chi connectivity index (χ1n) is 7.40. The van der Waals surface area contributed by atoms with Crippen LogP contribution < -0.4 is 5.32 Å². The number of carbonyl (C=O) groups excluding carboxylic acids is 1. The Morgan fingerprint density at radius 2 is 2.24 bits per heavy atom. The molecule has 1 fully saturated rings. The molecule has 0 spiro atoms. The molecule has 1 heterocycles. The van der Waals surface area contributed by atoms with Gasteiger partial charge in [0.05, 0.1) is 6.04 Å². The molecule has 5 heteroatoms. The second-order valence-electron chi connectivity index (χ2n) is 5.69. The summed E-state index contributed by atoms with van der Waals surface area (Å²) in [6.07, 6.45) is 2.78. The topological polar surface area (TPSA) is 32.3 Å². The Morgan fingerprint density at radius 1 is 1.43 bits per heavy atom. The molecule has 1 N–H and O–H groups in total. The van der Waals surface area contributed by atoms with Crippen molar-refractivity contribution in [2.24, 2.45) is 0 Å². The van der Waals surface area contributed by atoms with Crippen LogP contribution in [0, 0.1) is 0 Å². The molecule has 2 unspecified atom stereocenters. The molecule has 1 aromatic carbocycles. The van der Waals surface area contributed by atoms with Gasteiger partial charge in [0.25, 0.3) is 0 Å². The summed E-state index contributed by atoms with van der Waals surface area (Å²) in [7, 11) is 1.96. The summed E-state index contributed by atoms with van der Waals surface area (Å²) in [5, 5.41) is 3.45. The van der Waals surface area contributed by atoms with E-state index >= 15 is 0 Å². The predicted molar refractivity (Wildman–Crippen MR) is 91.3 cm³/mol. The van der Waals surface area contributed by atoms with Crippen LogP contribution in [0.25, 0.3) is 0 Å². The van der Waals surface area contributed by atoms with E-state index in [9.17, 15) is 4.79 Å². The Hall–Kier alpha value is -0.710. The molecule has 3 nitrogen and oxygen atoms in total. The van der Waals surface area contributed by atoms with E-state index in [-0.39, 0.29) is 24.4 Å². The van der Waals surface area contributed by atoms with Gasteiger partial charge in [0.1, 0.15) is 0 Å². The SMILES string of the molecule is CN(C(=O)CC1CSCCN1)C1CCc2ccccc21.Cl. The van der Waals surface area contributed by atoms with Gasteiger partial charge in [-0.05, 0) is 24.0 Å². The van der Waals surface area contributed by atoms with Crippen LogP contribution in [0.4, 0.5) is 0 Å². The molecule has 1 amide bonds. The molecule has 2 aliphatic rings. The third kappa shape index (κ3) is 3.74. The number of rotatable bonds is 3. The van der Waals surface area contributed by atoms with Crippen molar-refractivity contribution >= 4 is 30.1 Å². The molecule has 1 aliphatic heterocycles. The first-order chi connectivity index (χ1) is 9.75. The van der Waals surface area contributed by atoms with Crippen LogP contribution in [0.15, 0.2) is 24.3 Å². The van der Waals surface area contributed by atoms with Crippen molar-refractivity contribution in [2.45, 2.75) is 31.3 Å². The molecule has 1 saturated heterocycles. The smallest absolute Gasteiger partial charge is 0.224 e. The summed E-state index contributed by atoms with van der Waals surface area (Å²) in [5.74, 6) is 2.49. The number of nitrogens with one attached hydrogen (secondary N) is 1. The standard InChI is InChI=1S/C16H22N2OS.ClH/c1-18(16(19)10-13-11-20-9-8-17-13)15-7-6-12-4-2-3-5-14(12)15;/h2-5,13,15,17H,6-11H2,1H3;1H. The van der Waals surface area contributed by atoms with Crippen molar-refractivity contribution in [3.63, 3.8) is 0 Å². The molecule has 0 bridgehead atoms. The van der Waals surface area contributed by atoms with Crippen LogP contribution in [0.3, 0.4) is 0 Å². The zero-order valence-electron chi connectivity index (χ0n) is 12.4. The molecular weight excluding hydrogens is 304 g/mol. The number of halogens is 1. The fraction of sp³-hybridized carbons (Fsp3) is 0.562. The lowest BCUT2D eigenvalue weighted by molar-refractivity contribution is -0.132. The Kier molecular flexibility index (Phi) is 5.97. The number of hydrogen-bond donors (Lipinski definition) is 1. The molecule has 1 aliphatic carbocycles. The highest BCUT2D eigenvalue weighted by Gasteiger charge is 2.29. The number of carbonyl (C=O) groups is 1. The number of amides is 1. The molecule has 3 rings (SSSR count). The van der Waals surface area contributed by atoms with Gasteiger partial charge in [0.15, 0.2) is 0 Å². The summed E-state index contributed by atoms with van der Waals surface area (Å²) < 4.78 is 0. The summed E-state index contributed by atoms with van der Waals surface area (Å²) >= 11 is 1.94. The van der Waals surface area contributed by atoms with E-state index in [4.69, 9.17) is 0 Å². The highest BCUT2D eigenvalue weighted by atomic mass is 35.5. The van der Waals surface area contributed by atoms with Crippen LogP contribution in [-0.4, -0.2) is 41.9 Å². The first-order valence-corrected chi connectivity index (χ1v) is 8.56. The van der Waals surface area contributed by atoms with E-state index in [0.29, 0.717) is 12.5 Å². The van der Waals surface area contributed by atoms with E-state index < -0.39 is 0 Å². The summed E-state index contributed by atoms with van der Waals surface area (Å²) in [5.41, 5.74) is 2.75. The maximum absolute atomic E-state index is 12.5. The lowest BCUT2D eigenvalue weighted by atomic mass is 10.1. The Balaban J connectivity index is 0.00000161. The lowest BCUT2D eigenvalue weighted by Crippen LogP contribution is -2.42. The second-order valence-corrected chi connectivity index (χ2v) is 6.84. The number of benzene rings is 1. The summed E-state index contributed by atoms with van der Waals surface area (Å²) in [4.78, 5) is 14.4. The van der Waals surface area contributed by atoms with Gasteiger partial charge >= 0.3 is 0 Å². The minimum absolute atomic E-state index is 0. The molecule has 2 atom stereocenters. The number of thioether (sulfide) groups is 1. The summed E-state index contributed by atoms with van der Waals surface area (Å²) in [6, 6.07) is 9.15. The van der Waals surface area contributed by atoms with Gasteiger partial charge in [-0.1, -0.05) is 24.3 Å². The van der Waals surface area contributed by atoms with Gasteiger partial charge in [-0.25, -0.2) is 0 Å². The average molecular weight is 327 g/mol. The quantitative estimate of drug-likeness (QED) is 0.927. The van der Waals surface area contributed by atoms with E-state index in [1.165, 1.54) is 11.1 Å². The number of fused-ring (bicyclic) bond motifs is 1. The van der Waals surface area contributed by atoms with Gasteiger partial charge in [-0.15, -0.1) is 12.4 Å². The van der Waals surface area contributed by atoms with E-state index in [2.05, 4.69) is 29.6 Å². The van der Waals surface area contributed by atoms with Gasteiger partial charge in [-0.2, -0.15) is 11.8 Å². The minimum atomic E-state index is 0. The Bertz CT molecular complexity index is 491. The van der Waals surface area contributed by atoms with Crippen LogP contribution in [0.1, 0.15) is 30.0 Å². The van der Waals surface area contributed by atoms with Crippen molar-refractivity contribution in [1.29, 1.82) is 0 Å². The molecule has 1 aromatic rings. The van der Waals surface area contributed by atoms with Crippen LogP contribution >= 0.6 is 24.2 Å². The zero-order chi connectivity index (χ0) is 13.9. The van der Waals surface area contributed by atoms with Gasteiger partial charge in [-0.3, -0.25) is 4.79 Å². The molecule has 21 heavy (non-hydrogen) atoms. The molecule has 0 aromatic heterocycles. The largest absolute Gasteiger partial charge is 0.339 e. The molecule has 0 saturated carbocycles. The van der Waals surface area contributed by atoms with Gasteiger partial charge in [0, 0.05) is 37.6 Å². The van der Waals surface area contributed by atoms with E-state index in [0.717, 1.165) is 30.9 Å². The Morgan fingerprint density at radius 3 is 3.00 bits per heavy atom. The van der Waals surface area contributed by atoms with Crippen LogP contribution in [0.2, 0.25) is 0 Å². The minimum Gasteiger partial charge on any atom is -0.339 e. The number of hydrogen-bond acceptors (Lipinski definition) is 3. The third-order valence-corrected chi connectivity index (χ3v) is 5.51. The average Bonchev–Trinajstić information content (AvgIpc) is 2.91. The van der Waals surface area contributed by atoms with Crippen molar-refractivity contribution in [2.75, 3.05) is 25.1 Å². The van der Waals surface area contributed by atoms with Crippen molar-refractivity contribution in [1.82, 2.24) is 10.2 Å². The van der Waals surface area contributed by atoms with Crippen molar-refractivity contribution in [3.05, 3.63) is 35.4 Å². The number of aryl methyl sites for hydroxylation is 1. The second kappa shape index (κ2) is 7.52. The normalized spacial score (nSPS) is 24.0. The van der Waals surface area contributed by atoms with E-state index in [1.54, 1.807) is 0 Å². The predicted octanol–water partition coefficient (Wildman–Crippen LogP) is 2.65. The maximum atomic E-state index is 12.5. The fourth-order valence-electron chi connectivity index (χ4n) is 3.22. The molecular formula is C16H23ClN2OS. The third-order valence-electron chi connectivity index (χ3n) is 4.38. The monoisotopic (exact) mass is 326 g/mol. The van der Waals surface area contributed by atoms with Gasteiger partial charge in [0.2, 0.25) is 5.91 Å². The highest BCUT2D eigenvalue weighted by molar-refractivity contribution is 7.99. The molecule has 116 valence electrons.